The van der Waals surface area contributed by atoms with Gasteiger partial charge in [0.2, 0.25) is 0 Å². The zero-order valence-corrected chi connectivity index (χ0v) is 15.5. The van der Waals surface area contributed by atoms with Crippen molar-refractivity contribution < 1.29 is 28.0 Å². The van der Waals surface area contributed by atoms with Gasteiger partial charge in [-0.05, 0) is 44.2 Å². The number of sulfonamides is 1. The summed E-state index contributed by atoms with van der Waals surface area (Å²) in [5.74, 6) is -0.867. The Bertz CT molecular complexity index is 956. The number of nitrogens with zero attached hydrogens (tertiary/aromatic N) is 2. The van der Waals surface area contributed by atoms with Crippen molar-refractivity contribution in [1.82, 2.24) is 0 Å². The molecule has 0 aliphatic carbocycles. The van der Waals surface area contributed by atoms with Crippen LogP contribution in [-0.4, -0.2) is 37.6 Å². The molecule has 0 aliphatic rings. The van der Waals surface area contributed by atoms with E-state index in [1.54, 1.807) is 6.92 Å². The van der Waals surface area contributed by atoms with E-state index in [2.05, 4.69) is 0 Å². The molecule has 0 fully saturated rings. The first-order chi connectivity index (χ1) is 12.7. The van der Waals surface area contributed by atoms with Crippen LogP contribution >= 0.6 is 0 Å². The summed E-state index contributed by atoms with van der Waals surface area (Å²) in [6, 6.07) is 9.29. The molecule has 9 nitrogen and oxygen atoms in total. The minimum absolute atomic E-state index is 0.101. The standard InChI is InChI=1S/C17H18N2O7S/c1-3-26-14-7-5-13(6-8-14)18(11-17(20)21)27(24,25)15-9-4-12(2)16(10-15)19(22)23/h4-10H,3,11H2,1-2H3,(H,20,21). The molecule has 0 unspecified atom stereocenters. The minimum Gasteiger partial charge on any atom is -0.494 e. The molecule has 0 bridgehead atoms. The predicted molar refractivity (Wildman–Crippen MR) is 97.6 cm³/mol. The highest BCUT2D eigenvalue weighted by Crippen LogP contribution is 2.28. The van der Waals surface area contributed by atoms with Crippen molar-refractivity contribution in [2.45, 2.75) is 18.7 Å². The summed E-state index contributed by atoms with van der Waals surface area (Å²) in [4.78, 5) is 21.3. The maximum Gasteiger partial charge on any atom is 0.324 e. The van der Waals surface area contributed by atoms with Gasteiger partial charge in [-0.25, -0.2) is 8.42 Å². The monoisotopic (exact) mass is 394 g/mol. The van der Waals surface area contributed by atoms with Crippen LogP contribution in [0.25, 0.3) is 0 Å². The summed E-state index contributed by atoms with van der Waals surface area (Å²) in [6.07, 6.45) is 0. The molecular weight excluding hydrogens is 376 g/mol. The van der Waals surface area contributed by atoms with Crippen molar-refractivity contribution in [1.29, 1.82) is 0 Å². The maximum atomic E-state index is 13.0. The van der Waals surface area contributed by atoms with Crippen LogP contribution in [0.4, 0.5) is 11.4 Å². The van der Waals surface area contributed by atoms with E-state index in [-0.39, 0.29) is 16.3 Å². The third-order valence-electron chi connectivity index (χ3n) is 3.68. The van der Waals surface area contributed by atoms with Crippen LogP contribution in [0.15, 0.2) is 47.4 Å². The first-order valence-corrected chi connectivity index (χ1v) is 9.33. The average Bonchev–Trinajstić information content (AvgIpc) is 2.60. The molecule has 0 saturated heterocycles. The lowest BCUT2D eigenvalue weighted by atomic mass is 10.2. The van der Waals surface area contributed by atoms with Crippen LogP contribution in [0.1, 0.15) is 12.5 Å². The van der Waals surface area contributed by atoms with Crippen molar-refractivity contribution in [3.63, 3.8) is 0 Å². The number of nitro benzene ring substituents is 1. The highest BCUT2D eigenvalue weighted by Gasteiger charge is 2.29. The van der Waals surface area contributed by atoms with Gasteiger partial charge in [0.25, 0.3) is 15.7 Å². The number of aryl methyl sites for hydroxylation is 1. The molecule has 10 heteroatoms. The van der Waals surface area contributed by atoms with Crippen LogP contribution in [0.3, 0.4) is 0 Å². The minimum atomic E-state index is -4.34. The zero-order valence-electron chi connectivity index (χ0n) is 14.7. The van der Waals surface area contributed by atoms with Crippen molar-refractivity contribution in [3.8, 4) is 5.75 Å². The van der Waals surface area contributed by atoms with Crippen LogP contribution in [-0.2, 0) is 14.8 Å². The molecule has 27 heavy (non-hydrogen) atoms. The fourth-order valence-electron chi connectivity index (χ4n) is 2.39. The van der Waals surface area contributed by atoms with Crippen molar-refractivity contribution in [3.05, 3.63) is 58.1 Å². The van der Waals surface area contributed by atoms with Gasteiger partial charge in [-0.15, -0.1) is 0 Å². The normalized spacial score (nSPS) is 11.0. The van der Waals surface area contributed by atoms with Crippen LogP contribution in [0.5, 0.6) is 5.75 Å². The summed E-state index contributed by atoms with van der Waals surface area (Å²) in [5.41, 5.74) is 0.0342. The van der Waals surface area contributed by atoms with Gasteiger partial charge in [-0.1, -0.05) is 6.07 Å². The number of carboxylic acid groups (broad SMARTS) is 1. The molecule has 0 heterocycles. The summed E-state index contributed by atoms with van der Waals surface area (Å²) in [6.45, 7) is 2.86. The lowest BCUT2D eigenvalue weighted by Crippen LogP contribution is -2.35. The highest BCUT2D eigenvalue weighted by molar-refractivity contribution is 7.92. The number of aliphatic carboxylic acids is 1. The number of hydrogen-bond acceptors (Lipinski definition) is 6. The Morgan fingerprint density at radius 1 is 1.22 bits per heavy atom. The lowest BCUT2D eigenvalue weighted by molar-refractivity contribution is -0.385. The Hall–Kier alpha value is -3.14. The average molecular weight is 394 g/mol. The molecular formula is C17H18N2O7S. The molecule has 0 radical (unpaired) electrons. The Morgan fingerprint density at radius 3 is 2.37 bits per heavy atom. The van der Waals surface area contributed by atoms with Gasteiger partial charge in [0.15, 0.2) is 0 Å². The number of benzene rings is 2. The molecule has 2 aromatic rings. The van der Waals surface area contributed by atoms with E-state index in [9.17, 15) is 23.3 Å². The van der Waals surface area contributed by atoms with Crippen LogP contribution < -0.4 is 9.04 Å². The number of ether oxygens (including phenoxy) is 1. The lowest BCUT2D eigenvalue weighted by Gasteiger charge is -2.23. The topological polar surface area (TPSA) is 127 Å². The maximum absolute atomic E-state index is 13.0. The van der Waals surface area contributed by atoms with Gasteiger partial charge in [0.05, 0.1) is 22.1 Å². The number of hydrogen-bond donors (Lipinski definition) is 1. The molecule has 1 N–H and O–H groups in total. The summed E-state index contributed by atoms with van der Waals surface area (Å²) < 4.78 is 31.9. The summed E-state index contributed by atoms with van der Waals surface area (Å²) >= 11 is 0. The van der Waals surface area contributed by atoms with Gasteiger partial charge < -0.3 is 9.84 Å². The predicted octanol–water partition coefficient (Wildman–Crippen LogP) is 2.58. The molecule has 0 aromatic heterocycles. The smallest absolute Gasteiger partial charge is 0.324 e. The molecule has 0 spiro atoms. The second kappa shape index (κ2) is 8.04. The number of carboxylic acids is 1. The largest absolute Gasteiger partial charge is 0.494 e. The van der Waals surface area contributed by atoms with E-state index in [0.717, 1.165) is 6.07 Å². The first kappa shape index (κ1) is 20.2. The molecule has 0 saturated carbocycles. The molecule has 0 aliphatic heterocycles. The Kier molecular flexibility index (Phi) is 6.01. The molecule has 2 rings (SSSR count). The SMILES string of the molecule is CCOc1ccc(N(CC(=O)O)S(=O)(=O)c2ccc(C)c([N+](=O)[O-])c2)cc1. The molecule has 0 amide bonds. The highest BCUT2D eigenvalue weighted by atomic mass is 32.2. The number of anilines is 1. The summed E-state index contributed by atoms with van der Waals surface area (Å²) in [5, 5.41) is 20.2. The molecule has 144 valence electrons. The van der Waals surface area contributed by atoms with E-state index in [0.29, 0.717) is 22.2 Å². The second-order valence-electron chi connectivity index (χ2n) is 5.54. The first-order valence-electron chi connectivity index (χ1n) is 7.89. The van der Waals surface area contributed by atoms with Crippen LogP contribution in [0, 0.1) is 17.0 Å². The Labute approximate surface area is 156 Å². The van der Waals surface area contributed by atoms with Gasteiger partial charge >= 0.3 is 5.97 Å². The van der Waals surface area contributed by atoms with Gasteiger partial charge in [-0.2, -0.15) is 0 Å². The van der Waals surface area contributed by atoms with Crippen molar-refractivity contribution in [2.75, 3.05) is 17.5 Å². The third kappa shape index (κ3) is 4.53. The molecule has 0 atom stereocenters. The van der Waals surface area contributed by atoms with Gasteiger partial charge in [0, 0.05) is 11.6 Å². The van der Waals surface area contributed by atoms with Crippen LogP contribution in [0.2, 0.25) is 0 Å². The number of rotatable bonds is 8. The second-order valence-corrected chi connectivity index (χ2v) is 7.40. The Morgan fingerprint density at radius 2 is 1.85 bits per heavy atom. The third-order valence-corrected chi connectivity index (χ3v) is 5.45. The van der Waals surface area contributed by atoms with Crippen molar-refractivity contribution in [2.24, 2.45) is 0 Å². The van der Waals surface area contributed by atoms with E-state index < -0.39 is 27.5 Å². The summed E-state index contributed by atoms with van der Waals surface area (Å²) in [7, 11) is -4.34. The zero-order chi connectivity index (χ0) is 20.2. The molecule has 2 aromatic carbocycles. The Balaban J connectivity index is 2.53. The number of carbonyl (C=O) groups is 1. The fourth-order valence-corrected chi connectivity index (χ4v) is 3.82. The van der Waals surface area contributed by atoms with E-state index in [4.69, 9.17) is 9.84 Å². The van der Waals surface area contributed by atoms with E-state index in [1.165, 1.54) is 43.3 Å². The fraction of sp³-hybridized carbons (Fsp3) is 0.235. The van der Waals surface area contributed by atoms with Crippen molar-refractivity contribution >= 4 is 27.4 Å². The van der Waals surface area contributed by atoms with Gasteiger partial charge in [-0.3, -0.25) is 19.2 Å². The quantitative estimate of drug-likeness (QED) is 0.538. The van der Waals surface area contributed by atoms with E-state index in [1.807, 2.05) is 0 Å². The van der Waals surface area contributed by atoms with Gasteiger partial charge in [0.1, 0.15) is 12.3 Å². The van der Waals surface area contributed by atoms with E-state index >= 15 is 0 Å². The number of nitro groups is 1.